The van der Waals surface area contributed by atoms with E-state index in [0.29, 0.717) is 23.0 Å². The molecule has 2 rings (SSSR count). The quantitative estimate of drug-likeness (QED) is 0.821. The number of benzene rings is 1. The van der Waals surface area contributed by atoms with Crippen LogP contribution in [0.15, 0.2) is 18.2 Å². The van der Waals surface area contributed by atoms with Gasteiger partial charge in [0.05, 0.1) is 12.7 Å². The number of nitrogens with zero attached hydrogens (tertiary/aromatic N) is 1. The van der Waals surface area contributed by atoms with Crippen molar-refractivity contribution in [3.63, 3.8) is 0 Å². The molecule has 3 N–H and O–H groups in total. The van der Waals surface area contributed by atoms with E-state index in [9.17, 15) is 4.79 Å². The highest BCUT2D eigenvalue weighted by Gasteiger charge is 2.24. The van der Waals surface area contributed by atoms with Crippen molar-refractivity contribution in [2.45, 2.75) is 31.8 Å². The summed E-state index contributed by atoms with van der Waals surface area (Å²) >= 11 is 0. The summed E-state index contributed by atoms with van der Waals surface area (Å²) in [5, 5.41) is 3.08. The van der Waals surface area contributed by atoms with E-state index in [1.807, 2.05) is 0 Å². The van der Waals surface area contributed by atoms with Gasteiger partial charge in [0, 0.05) is 30.4 Å². The summed E-state index contributed by atoms with van der Waals surface area (Å²) < 4.78 is 5.09. The van der Waals surface area contributed by atoms with Crippen molar-refractivity contribution >= 4 is 11.6 Å². The lowest BCUT2D eigenvalue weighted by molar-refractivity contribution is 0.0897. The summed E-state index contributed by atoms with van der Waals surface area (Å²) in [5.41, 5.74) is 6.86. The van der Waals surface area contributed by atoms with E-state index < -0.39 is 0 Å². The minimum Gasteiger partial charge on any atom is -0.497 e. The third kappa shape index (κ3) is 3.22. The standard InChI is InChI=1S/C15H23N3O2/c1-10-8-11(6-7-18(10)2)17-15(19)13-5-4-12(20-3)9-14(13)16/h4-5,9-11H,6-8,16H2,1-3H3,(H,17,19). The molecule has 5 heteroatoms. The van der Waals surface area contributed by atoms with Crippen LogP contribution in [-0.2, 0) is 0 Å². The van der Waals surface area contributed by atoms with Crippen LogP contribution in [0.1, 0.15) is 30.1 Å². The molecule has 0 spiro atoms. The van der Waals surface area contributed by atoms with Crippen LogP contribution in [0.3, 0.4) is 0 Å². The Hall–Kier alpha value is -1.75. The molecule has 2 unspecified atom stereocenters. The molecule has 110 valence electrons. The molecular weight excluding hydrogens is 254 g/mol. The number of amides is 1. The smallest absolute Gasteiger partial charge is 0.253 e. The van der Waals surface area contributed by atoms with Crippen molar-refractivity contribution in [3.05, 3.63) is 23.8 Å². The fourth-order valence-corrected chi connectivity index (χ4v) is 2.56. The normalized spacial score (nSPS) is 23.4. The number of rotatable bonds is 3. The Morgan fingerprint density at radius 2 is 2.25 bits per heavy atom. The SMILES string of the molecule is COc1ccc(C(=O)NC2CCN(C)C(C)C2)c(N)c1. The highest BCUT2D eigenvalue weighted by molar-refractivity contribution is 5.99. The Morgan fingerprint density at radius 1 is 1.50 bits per heavy atom. The molecule has 0 bridgehead atoms. The lowest BCUT2D eigenvalue weighted by atomic mass is 9.98. The number of likely N-dealkylation sites (tertiary alicyclic amines) is 1. The van der Waals surface area contributed by atoms with Crippen LogP contribution >= 0.6 is 0 Å². The summed E-state index contributed by atoms with van der Waals surface area (Å²) in [6, 6.07) is 5.84. The Balaban J connectivity index is 2.01. The van der Waals surface area contributed by atoms with Crippen molar-refractivity contribution < 1.29 is 9.53 Å². The minimum absolute atomic E-state index is 0.105. The number of nitrogens with one attached hydrogen (secondary N) is 1. The van der Waals surface area contributed by atoms with Crippen LogP contribution < -0.4 is 15.8 Å². The molecule has 1 aliphatic rings. The Labute approximate surface area is 120 Å². The molecule has 1 aromatic rings. The summed E-state index contributed by atoms with van der Waals surface area (Å²) in [5.74, 6) is 0.555. The monoisotopic (exact) mass is 277 g/mol. The van der Waals surface area contributed by atoms with Gasteiger partial charge >= 0.3 is 0 Å². The minimum atomic E-state index is -0.105. The largest absolute Gasteiger partial charge is 0.497 e. The first kappa shape index (κ1) is 14.7. The first-order valence-electron chi connectivity index (χ1n) is 6.96. The van der Waals surface area contributed by atoms with Gasteiger partial charge in [-0.2, -0.15) is 0 Å². The van der Waals surface area contributed by atoms with Gasteiger partial charge in [0.2, 0.25) is 0 Å². The average molecular weight is 277 g/mol. The number of carbonyl (C=O) groups is 1. The van der Waals surface area contributed by atoms with Gasteiger partial charge in [-0.15, -0.1) is 0 Å². The van der Waals surface area contributed by atoms with Gasteiger partial charge in [0.25, 0.3) is 5.91 Å². The zero-order chi connectivity index (χ0) is 14.7. The molecule has 0 aliphatic carbocycles. The average Bonchev–Trinajstić information content (AvgIpc) is 2.42. The summed E-state index contributed by atoms with van der Waals surface area (Å²) in [6.45, 7) is 3.18. The van der Waals surface area contributed by atoms with Gasteiger partial charge < -0.3 is 20.7 Å². The molecule has 1 heterocycles. The number of hydrogen-bond donors (Lipinski definition) is 2. The fraction of sp³-hybridized carbons (Fsp3) is 0.533. The van der Waals surface area contributed by atoms with Gasteiger partial charge in [-0.25, -0.2) is 0 Å². The molecule has 0 radical (unpaired) electrons. The van der Waals surface area contributed by atoms with Crippen LogP contribution in [0.5, 0.6) is 5.75 Å². The molecule has 1 fully saturated rings. The molecular formula is C15H23N3O2. The number of nitrogens with two attached hydrogens (primary N) is 1. The number of anilines is 1. The van der Waals surface area contributed by atoms with E-state index in [1.54, 1.807) is 25.3 Å². The molecule has 20 heavy (non-hydrogen) atoms. The second-order valence-electron chi connectivity index (χ2n) is 5.48. The van der Waals surface area contributed by atoms with E-state index in [1.165, 1.54) is 0 Å². The fourth-order valence-electron chi connectivity index (χ4n) is 2.56. The first-order chi connectivity index (χ1) is 9.51. The third-order valence-corrected chi connectivity index (χ3v) is 4.05. The van der Waals surface area contributed by atoms with Crippen molar-refractivity contribution in [1.82, 2.24) is 10.2 Å². The third-order valence-electron chi connectivity index (χ3n) is 4.05. The van der Waals surface area contributed by atoms with Gasteiger partial charge in [0.15, 0.2) is 0 Å². The van der Waals surface area contributed by atoms with Gasteiger partial charge in [-0.05, 0) is 38.9 Å². The lowest BCUT2D eigenvalue weighted by Crippen LogP contribution is -2.47. The zero-order valence-corrected chi connectivity index (χ0v) is 12.3. The molecule has 1 aromatic carbocycles. The van der Waals surface area contributed by atoms with Gasteiger partial charge in [-0.1, -0.05) is 0 Å². The highest BCUT2D eigenvalue weighted by Crippen LogP contribution is 2.21. The molecule has 0 saturated carbocycles. The summed E-state index contributed by atoms with van der Waals surface area (Å²) in [4.78, 5) is 14.6. The Kier molecular flexibility index (Phi) is 4.49. The maximum atomic E-state index is 12.3. The molecule has 1 amide bonds. The van der Waals surface area contributed by atoms with Crippen molar-refractivity contribution in [2.24, 2.45) is 0 Å². The van der Waals surface area contributed by atoms with Crippen molar-refractivity contribution in [3.8, 4) is 5.75 Å². The summed E-state index contributed by atoms with van der Waals surface area (Å²) in [6.07, 6.45) is 1.95. The molecule has 1 aliphatic heterocycles. The highest BCUT2D eigenvalue weighted by atomic mass is 16.5. The van der Waals surface area contributed by atoms with Crippen LogP contribution in [0.25, 0.3) is 0 Å². The molecule has 2 atom stereocenters. The molecule has 0 aromatic heterocycles. The topological polar surface area (TPSA) is 67.6 Å². The lowest BCUT2D eigenvalue weighted by Gasteiger charge is -2.35. The number of nitrogen functional groups attached to an aromatic ring is 1. The maximum absolute atomic E-state index is 12.3. The molecule has 1 saturated heterocycles. The second-order valence-corrected chi connectivity index (χ2v) is 5.48. The Morgan fingerprint density at radius 3 is 2.85 bits per heavy atom. The van der Waals surface area contributed by atoms with Gasteiger partial charge in [-0.3, -0.25) is 4.79 Å². The van der Waals surface area contributed by atoms with Crippen LogP contribution in [0.4, 0.5) is 5.69 Å². The van der Waals surface area contributed by atoms with E-state index in [4.69, 9.17) is 10.5 Å². The van der Waals surface area contributed by atoms with Gasteiger partial charge in [0.1, 0.15) is 5.75 Å². The number of ether oxygens (including phenoxy) is 1. The maximum Gasteiger partial charge on any atom is 0.253 e. The van der Waals surface area contributed by atoms with Crippen LogP contribution in [0.2, 0.25) is 0 Å². The predicted molar refractivity (Wildman–Crippen MR) is 80.0 cm³/mol. The number of hydrogen-bond acceptors (Lipinski definition) is 4. The van der Waals surface area contributed by atoms with E-state index in [0.717, 1.165) is 19.4 Å². The summed E-state index contributed by atoms with van der Waals surface area (Å²) in [7, 11) is 3.69. The van der Waals surface area contributed by atoms with E-state index >= 15 is 0 Å². The van der Waals surface area contributed by atoms with Crippen LogP contribution in [-0.4, -0.2) is 43.6 Å². The Bertz CT molecular complexity index is 490. The molecule has 5 nitrogen and oxygen atoms in total. The van der Waals surface area contributed by atoms with Crippen LogP contribution in [0, 0.1) is 0 Å². The number of methoxy groups -OCH3 is 1. The van der Waals surface area contributed by atoms with Crippen molar-refractivity contribution in [2.75, 3.05) is 26.4 Å². The first-order valence-corrected chi connectivity index (χ1v) is 6.96. The van der Waals surface area contributed by atoms with Crippen molar-refractivity contribution in [1.29, 1.82) is 0 Å². The van der Waals surface area contributed by atoms with E-state index in [-0.39, 0.29) is 11.9 Å². The second kappa shape index (κ2) is 6.13. The van der Waals surface area contributed by atoms with E-state index in [2.05, 4.69) is 24.2 Å². The number of carbonyl (C=O) groups excluding carboxylic acids is 1. The zero-order valence-electron chi connectivity index (χ0n) is 12.3. The predicted octanol–water partition coefficient (Wildman–Crippen LogP) is 1.49. The number of piperidine rings is 1.